The predicted molar refractivity (Wildman–Crippen MR) is 87.5 cm³/mol. The Labute approximate surface area is 133 Å². The van der Waals surface area contributed by atoms with Gasteiger partial charge in [-0.1, -0.05) is 6.92 Å². The van der Waals surface area contributed by atoms with Crippen LogP contribution in [0.25, 0.3) is 0 Å². The summed E-state index contributed by atoms with van der Waals surface area (Å²) in [6.07, 6.45) is 4.98. The zero-order valence-corrected chi connectivity index (χ0v) is 13.7. The van der Waals surface area contributed by atoms with E-state index >= 15 is 0 Å². The summed E-state index contributed by atoms with van der Waals surface area (Å²) in [4.78, 5) is 18.9. The summed E-state index contributed by atoms with van der Waals surface area (Å²) in [5.41, 5.74) is 2.98. The van der Waals surface area contributed by atoms with Gasteiger partial charge < -0.3 is 10.2 Å². The number of likely N-dealkylation sites (tertiary alicyclic amines) is 1. The molecule has 1 amide bonds. The number of aromatic amines is 1. The van der Waals surface area contributed by atoms with Crippen LogP contribution in [0.4, 0.5) is 5.13 Å². The van der Waals surface area contributed by atoms with Gasteiger partial charge in [0.25, 0.3) is 5.91 Å². The number of thiazole rings is 1. The average molecular weight is 319 g/mol. The highest BCUT2D eigenvalue weighted by atomic mass is 32.1. The second-order valence-electron chi connectivity index (χ2n) is 5.54. The van der Waals surface area contributed by atoms with Crippen LogP contribution in [0.3, 0.4) is 0 Å². The molecule has 1 unspecified atom stereocenters. The van der Waals surface area contributed by atoms with Crippen LogP contribution in [0.2, 0.25) is 0 Å². The third-order valence-electron chi connectivity index (χ3n) is 4.19. The van der Waals surface area contributed by atoms with Crippen molar-refractivity contribution in [3.8, 4) is 0 Å². The molecule has 7 heteroatoms. The number of rotatable bonds is 4. The molecule has 3 rings (SSSR count). The molecule has 0 bridgehead atoms. The summed E-state index contributed by atoms with van der Waals surface area (Å²) in [5.74, 6) is 0.373. The van der Waals surface area contributed by atoms with Crippen LogP contribution in [-0.2, 0) is 6.42 Å². The molecule has 0 aliphatic carbocycles. The molecule has 118 valence electrons. The minimum absolute atomic E-state index is 0.0278. The molecule has 0 radical (unpaired) electrons. The molecule has 3 heterocycles. The Balaban J connectivity index is 1.74. The molecule has 0 saturated carbocycles. The first-order valence-electron chi connectivity index (χ1n) is 7.67. The average Bonchev–Trinajstić information content (AvgIpc) is 3.23. The van der Waals surface area contributed by atoms with Crippen molar-refractivity contribution in [2.75, 3.05) is 25.5 Å². The van der Waals surface area contributed by atoms with E-state index in [4.69, 9.17) is 0 Å². The highest BCUT2D eigenvalue weighted by Crippen LogP contribution is 2.29. The van der Waals surface area contributed by atoms with Gasteiger partial charge in [0.05, 0.1) is 6.20 Å². The SMILES string of the molecule is CCc1cn[nH]c1C1CCCN(C(=O)c2csc(NC)n2)C1. The highest BCUT2D eigenvalue weighted by Gasteiger charge is 2.28. The second-order valence-corrected chi connectivity index (χ2v) is 6.40. The monoisotopic (exact) mass is 319 g/mol. The van der Waals surface area contributed by atoms with E-state index in [0.29, 0.717) is 11.6 Å². The minimum Gasteiger partial charge on any atom is -0.365 e. The van der Waals surface area contributed by atoms with E-state index in [-0.39, 0.29) is 5.91 Å². The Morgan fingerprint density at radius 3 is 3.18 bits per heavy atom. The van der Waals surface area contributed by atoms with Crippen LogP contribution in [0, 0.1) is 0 Å². The van der Waals surface area contributed by atoms with Crippen LogP contribution in [0.15, 0.2) is 11.6 Å². The predicted octanol–water partition coefficient (Wildman–Crippen LogP) is 2.49. The number of nitrogens with one attached hydrogen (secondary N) is 2. The zero-order chi connectivity index (χ0) is 15.5. The normalized spacial score (nSPS) is 18.5. The fourth-order valence-corrected chi connectivity index (χ4v) is 3.65. The third-order valence-corrected chi connectivity index (χ3v) is 5.05. The molecule has 1 fully saturated rings. The summed E-state index contributed by atoms with van der Waals surface area (Å²) < 4.78 is 0. The standard InChI is InChI=1S/C15H21N5OS/c1-3-10-7-17-19-13(10)11-5-4-6-20(8-11)14(21)12-9-22-15(16-2)18-12/h7,9,11H,3-6,8H2,1-2H3,(H,16,18)(H,17,19). The number of amides is 1. The van der Waals surface area contributed by atoms with Crippen molar-refractivity contribution in [2.24, 2.45) is 0 Å². The van der Waals surface area contributed by atoms with Crippen molar-refractivity contribution < 1.29 is 4.79 Å². The fourth-order valence-electron chi connectivity index (χ4n) is 3.00. The van der Waals surface area contributed by atoms with Gasteiger partial charge >= 0.3 is 0 Å². The van der Waals surface area contributed by atoms with E-state index < -0.39 is 0 Å². The molecule has 1 aliphatic heterocycles. The fraction of sp³-hybridized carbons (Fsp3) is 0.533. The van der Waals surface area contributed by atoms with Crippen molar-refractivity contribution in [3.63, 3.8) is 0 Å². The van der Waals surface area contributed by atoms with Gasteiger partial charge in [-0.25, -0.2) is 4.98 Å². The van der Waals surface area contributed by atoms with E-state index in [9.17, 15) is 4.79 Å². The number of hydrogen-bond donors (Lipinski definition) is 2. The number of anilines is 1. The molecule has 2 N–H and O–H groups in total. The lowest BCUT2D eigenvalue weighted by Gasteiger charge is -2.32. The molecule has 6 nitrogen and oxygen atoms in total. The molecule has 0 aromatic carbocycles. The Bertz CT molecular complexity index is 650. The molecular weight excluding hydrogens is 298 g/mol. The van der Waals surface area contributed by atoms with Gasteiger partial charge in [0.1, 0.15) is 5.69 Å². The Hall–Kier alpha value is -1.89. The van der Waals surface area contributed by atoms with Crippen molar-refractivity contribution in [2.45, 2.75) is 32.1 Å². The molecule has 1 atom stereocenters. The Morgan fingerprint density at radius 1 is 1.59 bits per heavy atom. The lowest BCUT2D eigenvalue weighted by atomic mass is 9.92. The molecule has 1 aliphatic rings. The lowest BCUT2D eigenvalue weighted by molar-refractivity contribution is 0.0700. The third kappa shape index (κ3) is 2.85. The van der Waals surface area contributed by atoms with Crippen LogP contribution in [0.1, 0.15) is 47.4 Å². The topological polar surface area (TPSA) is 73.9 Å². The van der Waals surface area contributed by atoms with Crippen LogP contribution < -0.4 is 5.32 Å². The lowest BCUT2D eigenvalue weighted by Crippen LogP contribution is -2.39. The number of aromatic nitrogens is 3. The molecule has 2 aromatic rings. The number of piperidine rings is 1. The Kier molecular flexibility index (Phi) is 4.42. The van der Waals surface area contributed by atoms with E-state index in [2.05, 4.69) is 27.4 Å². The zero-order valence-electron chi connectivity index (χ0n) is 12.9. The van der Waals surface area contributed by atoms with Gasteiger partial charge in [0.15, 0.2) is 5.13 Å². The largest absolute Gasteiger partial charge is 0.365 e. The van der Waals surface area contributed by atoms with Crippen LogP contribution in [0.5, 0.6) is 0 Å². The second kappa shape index (κ2) is 6.48. The van der Waals surface area contributed by atoms with Crippen LogP contribution in [-0.4, -0.2) is 46.1 Å². The maximum absolute atomic E-state index is 12.6. The van der Waals surface area contributed by atoms with Crippen molar-refractivity contribution in [1.29, 1.82) is 0 Å². The molecule has 0 spiro atoms. The number of hydrogen-bond acceptors (Lipinski definition) is 5. The van der Waals surface area contributed by atoms with E-state index in [1.54, 1.807) is 0 Å². The van der Waals surface area contributed by atoms with Crippen molar-refractivity contribution in [3.05, 3.63) is 28.5 Å². The van der Waals surface area contributed by atoms with Gasteiger partial charge in [-0.2, -0.15) is 5.10 Å². The number of nitrogens with zero attached hydrogens (tertiary/aromatic N) is 3. The molecule has 2 aromatic heterocycles. The van der Waals surface area contributed by atoms with E-state index in [1.807, 2.05) is 23.5 Å². The molecular formula is C15H21N5OS. The van der Waals surface area contributed by atoms with E-state index in [0.717, 1.165) is 37.5 Å². The quantitative estimate of drug-likeness (QED) is 0.908. The van der Waals surface area contributed by atoms with Crippen molar-refractivity contribution in [1.82, 2.24) is 20.1 Å². The summed E-state index contributed by atoms with van der Waals surface area (Å²) in [5, 5.41) is 12.9. The maximum Gasteiger partial charge on any atom is 0.273 e. The number of aryl methyl sites for hydroxylation is 1. The van der Waals surface area contributed by atoms with Gasteiger partial charge in [-0.3, -0.25) is 9.89 Å². The number of carbonyl (C=O) groups excluding carboxylic acids is 1. The molecule has 1 saturated heterocycles. The van der Waals surface area contributed by atoms with Crippen molar-refractivity contribution >= 4 is 22.4 Å². The molecule has 22 heavy (non-hydrogen) atoms. The Morgan fingerprint density at radius 2 is 2.45 bits per heavy atom. The summed E-state index contributed by atoms with van der Waals surface area (Å²) in [6, 6.07) is 0. The summed E-state index contributed by atoms with van der Waals surface area (Å²) in [7, 11) is 1.81. The van der Waals surface area contributed by atoms with Gasteiger partial charge in [0, 0.05) is 37.1 Å². The smallest absolute Gasteiger partial charge is 0.273 e. The van der Waals surface area contributed by atoms with Gasteiger partial charge in [-0.15, -0.1) is 11.3 Å². The first kappa shape index (κ1) is 15.0. The maximum atomic E-state index is 12.6. The van der Waals surface area contributed by atoms with Gasteiger partial charge in [-0.05, 0) is 24.8 Å². The summed E-state index contributed by atoms with van der Waals surface area (Å²) >= 11 is 1.46. The van der Waals surface area contributed by atoms with Crippen LogP contribution >= 0.6 is 11.3 Å². The van der Waals surface area contributed by atoms with Gasteiger partial charge in [0.2, 0.25) is 0 Å². The summed E-state index contributed by atoms with van der Waals surface area (Å²) in [6.45, 7) is 3.67. The minimum atomic E-state index is 0.0278. The first-order chi connectivity index (χ1) is 10.7. The highest BCUT2D eigenvalue weighted by molar-refractivity contribution is 7.13. The first-order valence-corrected chi connectivity index (χ1v) is 8.55. The number of carbonyl (C=O) groups is 1. The number of H-pyrrole nitrogens is 1. The van der Waals surface area contributed by atoms with E-state index in [1.165, 1.54) is 22.6 Å².